The highest BCUT2D eigenvalue weighted by Crippen LogP contribution is 2.32. The minimum atomic E-state index is -1.72. The van der Waals surface area contributed by atoms with E-state index in [1.54, 1.807) is 18.2 Å². The van der Waals surface area contributed by atoms with Gasteiger partial charge in [0.15, 0.2) is 0 Å². The summed E-state index contributed by atoms with van der Waals surface area (Å²) in [4.78, 5) is 12.2. The van der Waals surface area contributed by atoms with E-state index in [0.29, 0.717) is 22.2 Å². The Labute approximate surface area is 181 Å². The largest absolute Gasteiger partial charge is 0.362 e. The van der Waals surface area contributed by atoms with E-state index in [4.69, 9.17) is 58.0 Å². The molecule has 1 aromatic carbocycles. The van der Waals surface area contributed by atoms with Crippen LogP contribution >= 0.6 is 58.0 Å². The van der Waals surface area contributed by atoms with Crippen molar-refractivity contribution in [3.05, 3.63) is 28.2 Å². The highest BCUT2D eigenvalue weighted by Gasteiger charge is 2.34. The minimum Gasteiger partial charge on any atom is -0.362 e. The van der Waals surface area contributed by atoms with Gasteiger partial charge >= 0.3 is 0 Å². The number of halogens is 5. The Balaban J connectivity index is 2.46. The molecule has 0 aromatic heterocycles. The van der Waals surface area contributed by atoms with Crippen molar-refractivity contribution in [1.82, 2.24) is 5.32 Å². The summed E-state index contributed by atoms with van der Waals surface area (Å²) in [6.45, 7) is 2.19. The average molecular weight is 463 g/mol. The van der Waals surface area contributed by atoms with Crippen LogP contribution in [-0.4, -0.2) is 15.9 Å². The molecule has 0 aliphatic carbocycles. The Morgan fingerprint density at radius 2 is 1.62 bits per heavy atom. The molecule has 0 fully saturated rings. The molecule has 1 atom stereocenters. The highest BCUT2D eigenvalue weighted by atomic mass is 35.6. The fourth-order valence-corrected chi connectivity index (χ4v) is 3.05. The molecule has 0 aliphatic rings. The van der Waals surface area contributed by atoms with Crippen molar-refractivity contribution in [1.29, 1.82) is 0 Å². The van der Waals surface area contributed by atoms with Crippen molar-refractivity contribution in [3.8, 4) is 0 Å². The Morgan fingerprint density at radius 3 is 2.19 bits per heavy atom. The van der Waals surface area contributed by atoms with E-state index in [0.717, 1.165) is 19.3 Å². The molecule has 0 radical (unpaired) electrons. The smallest absolute Gasteiger partial charge is 0.228 e. The fourth-order valence-electron chi connectivity index (χ4n) is 2.43. The molecular formula is C18H25Cl5N2O. The summed E-state index contributed by atoms with van der Waals surface area (Å²) in [6.07, 6.45) is 7.46. The number of unbranched alkanes of at least 4 members (excludes halogenated alkanes) is 6. The number of amides is 1. The van der Waals surface area contributed by atoms with Crippen LogP contribution in [0.5, 0.6) is 0 Å². The molecular weight excluding hydrogens is 437 g/mol. The predicted octanol–water partition coefficient (Wildman–Crippen LogP) is 7.36. The van der Waals surface area contributed by atoms with Crippen molar-refractivity contribution >= 4 is 69.6 Å². The van der Waals surface area contributed by atoms with Crippen LogP contribution in [0.25, 0.3) is 0 Å². The van der Waals surface area contributed by atoms with Gasteiger partial charge in [0.1, 0.15) is 6.17 Å². The van der Waals surface area contributed by atoms with Crippen LogP contribution < -0.4 is 10.6 Å². The van der Waals surface area contributed by atoms with E-state index >= 15 is 0 Å². The highest BCUT2D eigenvalue weighted by molar-refractivity contribution is 6.68. The summed E-state index contributed by atoms with van der Waals surface area (Å²) in [7, 11) is 0. The maximum absolute atomic E-state index is 12.2. The van der Waals surface area contributed by atoms with Gasteiger partial charge in [-0.3, -0.25) is 4.79 Å². The standard InChI is InChI=1S/C18H25Cl5N2O/c1-2-3-4-5-6-7-8-9-16(26)25-17(18(21,22)23)24-13-10-11-14(19)15(20)12-13/h10-12,17,24H,2-9H2,1H3,(H,25,26). The molecule has 0 saturated carbocycles. The quantitative estimate of drug-likeness (QED) is 0.205. The Bertz CT molecular complexity index is 563. The third kappa shape index (κ3) is 9.75. The molecule has 1 amide bonds. The maximum Gasteiger partial charge on any atom is 0.228 e. The lowest BCUT2D eigenvalue weighted by molar-refractivity contribution is -0.121. The molecule has 3 nitrogen and oxygen atoms in total. The molecule has 2 N–H and O–H groups in total. The molecule has 0 aliphatic heterocycles. The first kappa shape index (κ1) is 24.0. The van der Waals surface area contributed by atoms with E-state index in [9.17, 15) is 4.79 Å². The average Bonchev–Trinajstić information content (AvgIpc) is 2.56. The second kappa shape index (κ2) is 12.4. The normalized spacial score (nSPS) is 12.7. The number of carbonyl (C=O) groups excluding carboxylic acids is 1. The van der Waals surface area contributed by atoms with Gasteiger partial charge < -0.3 is 10.6 Å². The lowest BCUT2D eigenvalue weighted by Crippen LogP contribution is -2.49. The molecule has 0 spiro atoms. The van der Waals surface area contributed by atoms with Gasteiger partial charge in [-0.2, -0.15) is 0 Å². The molecule has 1 aromatic rings. The van der Waals surface area contributed by atoms with E-state index in [1.165, 1.54) is 25.7 Å². The molecule has 26 heavy (non-hydrogen) atoms. The van der Waals surface area contributed by atoms with Crippen molar-refractivity contribution in [2.45, 2.75) is 68.2 Å². The Kier molecular flexibility index (Phi) is 11.4. The Morgan fingerprint density at radius 1 is 1.00 bits per heavy atom. The van der Waals surface area contributed by atoms with Gasteiger partial charge in [-0.1, -0.05) is 103 Å². The Hall–Kier alpha value is -0.0600. The van der Waals surface area contributed by atoms with Crippen molar-refractivity contribution in [2.75, 3.05) is 5.32 Å². The second-order valence-corrected chi connectivity index (χ2v) is 9.37. The van der Waals surface area contributed by atoms with Crippen LogP contribution in [0.4, 0.5) is 5.69 Å². The number of carbonyl (C=O) groups is 1. The minimum absolute atomic E-state index is 0.164. The first-order valence-electron chi connectivity index (χ1n) is 8.81. The van der Waals surface area contributed by atoms with Crippen LogP contribution in [-0.2, 0) is 4.79 Å². The van der Waals surface area contributed by atoms with E-state index in [1.807, 2.05) is 0 Å². The third-order valence-electron chi connectivity index (χ3n) is 3.87. The van der Waals surface area contributed by atoms with Gasteiger partial charge in [0, 0.05) is 12.1 Å². The van der Waals surface area contributed by atoms with Crippen LogP contribution in [0.1, 0.15) is 58.3 Å². The molecule has 1 rings (SSSR count). The monoisotopic (exact) mass is 460 g/mol. The zero-order valence-electron chi connectivity index (χ0n) is 14.8. The number of hydrogen-bond acceptors (Lipinski definition) is 2. The van der Waals surface area contributed by atoms with Crippen LogP contribution in [0.15, 0.2) is 18.2 Å². The van der Waals surface area contributed by atoms with E-state index in [-0.39, 0.29) is 5.91 Å². The number of rotatable bonds is 11. The maximum atomic E-state index is 12.2. The number of anilines is 1. The number of hydrogen-bond donors (Lipinski definition) is 2. The van der Waals surface area contributed by atoms with Gasteiger partial charge in [-0.05, 0) is 24.6 Å². The zero-order valence-corrected chi connectivity index (χ0v) is 18.5. The second-order valence-electron chi connectivity index (χ2n) is 6.19. The number of benzene rings is 1. The third-order valence-corrected chi connectivity index (χ3v) is 5.26. The summed E-state index contributed by atoms with van der Waals surface area (Å²) in [6, 6.07) is 4.93. The lowest BCUT2D eigenvalue weighted by atomic mass is 10.1. The van der Waals surface area contributed by atoms with Crippen LogP contribution in [0, 0.1) is 0 Å². The SMILES string of the molecule is CCCCCCCCCC(=O)NC(Nc1ccc(Cl)c(Cl)c1)C(Cl)(Cl)Cl. The lowest BCUT2D eigenvalue weighted by Gasteiger charge is -2.27. The first-order valence-corrected chi connectivity index (χ1v) is 10.7. The molecule has 148 valence electrons. The van der Waals surface area contributed by atoms with Crippen molar-refractivity contribution in [2.24, 2.45) is 0 Å². The van der Waals surface area contributed by atoms with Gasteiger partial charge in [-0.25, -0.2) is 0 Å². The number of alkyl halides is 3. The first-order chi connectivity index (χ1) is 12.2. The fraction of sp³-hybridized carbons (Fsp3) is 0.611. The molecule has 0 saturated heterocycles. The van der Waals surface area contributed by atoms with Crippen LogP contribution in [0.2, 0.25) is 10.0 Å². The molecule has 8 heteroatoms. The topological polar surface area (TPSA) is 41.1 Å². The van der Waals surface area contributed by atoms with Crippen molar-refractivity contribution < 1.29 is 4.79 Å². The molecule has 0 heterocycles. The summed E-state index contributed by atoms with van der Waals surface area (Å²) in [5.74, 6) is -0.164. The summed E-state index contributed by atoms with van der Waals surface area (Å²) in [5.41, 5.74) is 0.590. The number of nitrogens with one attached hydrogen (secondary N) is 2. The summed E-state index contributed by atoms with van der Waals surface area (Å²) >= 11 is 29.9. The van der Waals surface area contributed by atoms with Crippen molar-refractivity contribution in [3.63, 3.8) is 0 Å². The van der Waals surface area contributed by atoms with E-state index in [2.05, 4.69) is 17.6 Å². The molecule has 1 unspecified atom stereocenters. The van der Waals surface area contributed by atoms with Gasteiger partial charge in [-0.15, -0.1) is 0 Å². The summed E-state index contributed by atoms with van der Waals surface area (Å²) < 4.78 is -1.72. The predicted molar refractivity (Wildman–Crippen MR) is 115 cm³/mol. The van der Waals surface area contributed by atoms with Gasteiger partial charge in [0.05, 0.1) is 10.0 Å². The zero-order chi connectivity index (χ0) is 19.6. The van der Waals surface area contributed by atoms with E-state index < -0.39 is 9.96 Å². The van der Waals surface area contributed by atoms with Gasteiger partial charge in [0.2, 0.25) is 9.70 Å². The molecule has 0 bridgehead atoms. The van der Waals surface area contributed by atoms with Gasteiger partial charge in [0.25, 0.3) is 0 Å². The van der Waals surface area contributed by atoms with Crippen LogP contribution in [0.3, 0.4) is 0 Å². The summed E-state index contributed by atoms with van der Waals surface area (Å²) in [5, 5.41) is 6.49.